The third-order valence-electron chi connectivity index (χ3n) is 2.82. The van der Waals surface area contributed by atoms with Crippen molar-refractivity contribution < 1.29 is 19.5 Å². The van der Waals surface area contributed by atoms with Crippen LogP contribution in [0.1, 0.15) is 16.8 Å². The van der Waals surface area contributed by atoms with Crippen molar-refractivity contribution >= 4 is 41.0 Å². The fourth-order valence-electron chi connectivity index (χ4n) is 1.74. The van der Waals surface area contributed by atoms with Crippen molar-refractivity contribution in [3.05, 3.63) is 28.8 Å². The van der Waals surface area contributed by atoms with Crippen molar-refractivity contribution in [1.29, 1.82) is 5.41 Å². The van der Waals surface area contributed by atoms with Gasteiger partial charge in [-0.3, -0.25) is 19.8 Å². The number of carboxylic acids is 1. The van der Waals surface area contributed by atoms with Crippen LogP contribution in [0.4, 0.5) is 5.69 Å². The Morgan fingerprint density at radius 2 is 2.08 bits per heavy atom. The lowest BCUT2D eigenvalue weighted by atomic mass is 10.2. The number of carbonyl (C=O) groups is 3. The Morgan fingerprint density at radius 1 is 1.40 bits per heavy atom. The monoisotopic (exact) mass is 365 g/mol. The number of carbonyl (C=O) groups excluding carboxylic acids is 2. The number of carboxylic acid groups (broad SMARTS) is 1. The number of guanidine groups is 1. The molecule has 7 N–H and O–H groups in total. The van der Waals surface area contributed by atoms with E-state index in [4.69, 9.17) is 34.3 Å². The van der Waals surface area contributed by atoms with E-state index in [0.717, 1.165) is 0 Å². The molecule has 2 amide bonds. The minimum Gasteiger partial charge on any atom is -0.481 e. The molecule has 0 bridgehead atoms. The van der Waals surface area contributed by atoms with Crippen LogP contribution in [-0.4, -0.2) is 41.4 Å². The molecule has 25 heavy (non-hydrogen) atoms. The zero-order valence-electron chi connectivity index (χ0n) is 12.9. The van der Waals surface area contributed by atoms with Gasteiger partial charge in [0.25, 0.3) is 5.91 Å². The van der Waals surface area contributed by atoms with Gasteiger partial charge in [0, 0.05) is 5.56 Å². The second-order valence-corrected chi connectivity index (χ2v) is 5.21. The van der Waals surface area contributed by atoms with Crippen LogP contribution in [0, 0.1) is 17.8 Å². The van der Waals surface area contributed by atoms with Crippen LogP contribution in [0.25, 0.3) is 0 Å². The summed E-state index contributed by atoms with van der Waals surface area (Å²) in [5.41, 5.74) is 5.66. The third kappa shape index (κ3) is 6.80. The molecule has 1 rings (SSSR count). The highest BCUT2D eigenvalue weighted by Gasteiger charge is 2.15. The maximum absolute atomic E-state index is 12.1. The van der Waals surface area contributed by atoms with E-state index in [1.165, 1.54) is 18.2 Å². The van der Waals surface area contributed by atoms with Gasteiger partial charge in [0.1, 0.15) is 6.04 Å². The van der Waals surface area contributed by atoms with E-state index < -0.39 is 36.8 Å². The number of hydrogen-bond acceptors (Lipinski definition) is 4. The average Bonchev–Trinajstić information content (AvgIpc) is 2.53. The molecule has 1 aromatic rings. The van der Waals surface area contributed by atoms with Crippen LogP contribution in [0.5, 0.6) is 0 Å². The van der Waals surface area contributed by atoms with Crippen LogP contribution in [-0.2, 0) is 9.59 Å². The van der Waals surface area contributed by atoms with E-state index in [-0.39, 0.29) is 22.2 Å². The first kappa shape index (κ1) is 19.8. The van der Waals surface area contributed by atoms with E-state index >= 15 is 0 Å². The maximum atomic E-state index is 12.1. The molecule has 0 aliphatic carbocycles. The molecule has 0 unspecified atom stereocenters. The number of halogens is 1. The molecule has 0 fully saturated rings. The van der Waals surface area contributed by atoms with Gasteiger partial charge in [0.2, 0.25) is 5.91 Å². The molecular weight excluding hydrogens is 350 g/mol. The Balaban J connectivity index is 2.65. The number of nitrogens with one attached hydrogen (secondary N) is 4. The number of benzene rings is 1. The van der Waals surface area contributed by atoms with E-state index in [9.17, 15) is 14.4 Å². The van der Waals surface area contributed by atoms with Crippen molar-refractivity contribution in [2.75, 3.05) is 11.9 Å². The standard InChI is InChI=1S/C15H16ClN5O4/c1-2-9(6-13(23)24)20-12(22)7-19-14(25)8-3-4-10(16)11(5-8)21-15(17)18/h1,3-5,9H,6-7H2,(H,19,25)(H,20,22)(H,23,24)(H4,17,18,21)/t9-/m1/s1. The molecule has 1 aromatic carbocycles. The van der Waals surface area contributed by atoms with E-state index in [0.29, 0.717) is 0 Å². The Bertz CT molecular complexity index is 744. The highest BCUT2D eigenvalue weighted by Crippen LogP contribution is 2.22. The van der Waals surface area contributed by atoms with Crippen LogP contribution >= 0.6 is 11.6 Å². The number of aliphatic carboxylic acids is 1. The first-order valence-electron chi connectivity index (χ1n) is 6.89. The molecule has 132 valence electrons. The Kier molecular flexibility index (Phi) is 7.24. The minimum atomic E-state index is -1.15. The smallest absolute Gasteiger partial charge is 0.306 e. The molecular formula is C15H16ClN5O4. The number of nitrogens with two attached hydrogens (primary N) is 1. The summed E-state index contributed by atoms with van der Waals surface area (Å²) < 4.78 is 0. The predicted octanol–water partition coefficient (Wildman–Crippen LogP) is -0.0321. The third-order valence-corrected chi connectivity index (χ3v) is 3.15. The van der Waals surface area contributed by atoms with E-state index in [2.05, 4.69) is 21.9 Å². The summed E-state index contributed by atoms with van der Waals surface area (Å²) in [7, 11) is 0. The highest BCUT2D eigenvalue weighted by atomic mass is 35.5. The second-order valence-electron chi connectivity index (χ2n) is 4.80. The van der Waals surface area contributed by atoms with Crippen LogP contribution in [0.3, 0.4) is 0 Å². The van der Waals surface area contributed by atoms with Gasteiger partial charge >= 0.3 is 5.97 Å². The largest absolute Gasteiger partial charge is 0.481 e. The van der Waals surface area contributed by atoms with Gasteiger partial charge < -0.3 is 26.8 Å². The summed E-state index contributed by atoms with van der Waals surface area (Å²) in [5, 5.41) is 23.2. The minimum absolute atomic E-state index is 0.181. The van der Waals surface area contributed by atoms with Crippen molar-refractivity contribution in [3.63, 3.8) is 0 Å². The van der Waals surface area contributed by atoms with Crippen LogP contribution in [0.2, 0.25) is 5.02 Å². The van der Waals surface area contributed by atoms with Gasteiger partial charge in [-0.15, -0.1) is 6.42 Å². The van der Waals surface area contributed by atoms with Crippen LogP contribution in [0.15, 0.2) is 18.2 Å². The molecule has 0 aliphatic heterocycles. The maximum Gasteiger partial charge on any atom is 0.306 e. The Morgan fingerprint density at radius 3 is 2.64 bits per heavy atom. The Hall–Kier alpha value is -3.25. The second kappa shape index (κ2) is 9.14. The van der Waals surface area contributed by atoms with Gasteiger partial charge in [-0.1, -0.05) is 17.5 Å². The topological polar surface area (TPSA) is 157 Å². The summed E-state index contributed by atoms with van der Waals surface area (Å²) in [4.78, 5) is 34.3. The molecule has 0 aromatic heterocycles. The average molecular weight is 366 g/mol. The molecule has 0 saturated carbocycles. The van der Waals surface area contributed by atoms with Crippen LogP contribution < -0.4 is 21.7 Å². The Labute approximate surface area is 148 Å². The molecule has 0 spiro atoms. The summed E-state index contributed by atoms with van der Waals surface area (Å²) in [6, 6.07) is 3.26. The molecule has 0 saturated heterocycles. The molecule has 0 heterocycles. The van der Waals surface area contributed by atoms with Gasteiger partial charge in [-0.25, -0.2) is 0 Å². The van der Waals surface area contributed by atoms with Crippen molar-refractivity contribution in [3.8, 4) is 12.3 Å². The lowest BCUT2D eigenvalue weighted by Gasteiger charge is -2.12. The highest BCUT2D eigenvalue weighted by molar-refractivity contribution is 6.33. The SMILES string of the molecule is C#C[C@H](CC(=O)O)NC(=O)CNC(=O)c1ccc(Cl)c(NC(=N)N)c1. The summed E-state index contributed by atoms with van der Waals surface area (Å²) in [6.07, 6.45) is 4.70. The van der Waals surface area contributed by atoms with Crippen molar-refractivity contribution in [1.82, 2.24) is 10.6 Å². The van der Waals surface area contributed by atoms with E-state index in [1.807, 2.05) is 0 Å². The zero-order valence-corrected chi connectivity index (χ0v) is 13.7. The van der Waals surface area contributed by atoms with Gasteiger partial charge in [0.05, 0.1) is 23.7 Å². The molecule has 10 heteroatoms. The summed E-state index contributed by atoms with van der Waals surface area (Å²) in [6.45, 7) is -0.394. The normalized spacial score (nSPS) is 10.9. The number of hydrogen-bond donors (Lipinski definition) is 6. The van der Waals surface area contributed by atoms with E-state index in [1.54, 1.807) is 0 Å². The van der Waals surface area contributed by atoms with Crippen molar-refractivity contribution in [2.45, 2.75) is 12.5 Å². The quantitative estimate of drug-likeness (QED) is 0.226. The summed E-state index contributed by atoms with van der Waals surface area (Å²) in [5.74, 6) is -0.574. The first-order valence-corrected chi connectivity index (χ1v) is 7.26. The molecule has 0 radical (unpaired) electrons. The number of amides is 2. The molecule has 9 nitrogen and oxygen atoms in total. The lowest BCUT2D eigenvalue weighted by molar-refractivity contribution is -0.137. The fraction of sp³-hybridized carbons (Fsp3) is 0.200. The predicted molar refractivity (Wildman–Crippen MR) is 92.3 cm³/mol. The number of anilines is 1. The number of rotatable bonds is 7. The first-order chi connectivity index (χ1) is 11.7. The van der Waals surface area contributed by atoms with Gasteiger partial charge in [-0.05, 0) is 18.2 Å². The molecule has 0 aliphatic rings. The van der Waals surface area contributed by atoms with Gasteiger partial charge in [-0.2, -0.15) is 0 Å². The van der Waals surface area contributed by atoms with Crippen molar-refractivity contribution in [2.24, 2.45) is 5.73 Å². The van der Waals surface area contributed by atoms with Gasteiger partial charge in [0.15, 0.2) is 5.96 Å². The molecule has 1 atom stereocenters. The number of terminal acetylenes is 1. The summed E-state index contributed by atoms with van der Waals surface area (Å²) >= 11 is 5.91. The fourth-order valence-corrected chi connectivity index (χ4v) is 1.91. The lowest BCUT2D eigenvalue weighted by Crippen LogP contribution is -2.42. The zero-order chi connectivity index (χ0) is 19.0.